The molecule has 1 N–H and O–H groups in total. The first-order valence-electron chi connectivity index (χ1n) is 10.6. The monoisotopic (exact) mass is 433 g/mol. The predicted molar refractivity (Wildman–Crippen MR) is 129 cm³/mol. The van der Waals surface area contributed by atoms with Crippen LogP contribution in [0.25, 0.3) is 21.3 Å². The number of hydrogen-bond acceptors (Lipinski definition) is 6. The van der Waals surface area contributed by atoms with Crippen molar-refractivity contribution in [2.24, 2.45) is 0 Å². The average Bonchev–Trinajstić information content (AvgIpc) is 3.21. The van der Waals surface area contributed by atoms with Crippen LogP contribution < -0.4 is 14.8 Å². The van der Waals surface area contributed by atoms with E-state index in [4.69, 9.17) is 9.47 Å². The van der Waals surface area contributed by atoms with Crippen molar-refractivity contribution in [3.63, 3.8) is 0 Å². The minimum Gasteiger partial charge on any atom is -0.490 e. The topological polar surface area (TPSA) is 56.3 Å². The molecule has 0 aliphatic heterocycles. The van der Waals surface area contributed by atoms with Crippen molar-refractivity contribution in [3.8, 4) is 22.6 Å². The molecule has 0 aliphatic carbocycles. The highest BCUT2D eigenvalue weighted by atomic mass is 32.1. The molecule has 4 aromatic rings. The van der Waals surface area contributed by atoms with Gasteiger partial charge in [0.25, 0.3) is 0 Å². The number of fused-ring (bicyclic) bond motifs is 1. The summed E-state index contributed by atoms with van der Waals surface area (Å²) in [5, 5.41) is 6.64. The molecule has 0 saturated heterocycles. The fourth-order valence-corrected chi connectivity index (χ4v) is 4.41. The molecule has 0 spiro atoms. The summed E-state index contributed by atoms with van der Waals surface area (Å²) in [6, 6.07) is 14.6. The van der Waals surface area contributed by atoms with Crippen molar-refractivity contribution in [1.82, 2.24) is 9.97 Å². The third-order valence-electron chi connectivity index (χ3n) is 5.06. The minimum atomic E-state index is 0.507. The van der Waals surface area contributed by atoms with Crippen LogP contribution in [0, 0.1) is 0 Å². The maximum absolute atomic E-state index is 5.77. The summed E-state index contributed by atoms with van der Waals surface area (Å²) in [6.45, 7) is 9.50. The van der Waals surface area contributed by atoms with Crippen LogP contribution in [0.15, 0.2) is 54.2 Å². The molecule has 6 heteroatoms. The smallest absolute Gasteiger partial charge is 0.163 e. The summed E-state index contributed by atoms with van der Waals surface area (Å²) in [4.78, 5) is 9.99. The molecule has 2 heterocycles. The van der Waals surface area contributed by atoms with E-state index in [2.05, 4.69) is 58.8 Å². The Morgan fingerprint density at radius 1 is 0.935 bits per heavy atom. The zero-order chi connectivity index (χ0) is 21.8. The van der Waals surface area contributed by atoms with Crippen molar-refractivity contribution < 1.29 is 9.47 Å². The molecule has 0 bridgehead atoms. The molecule has 0 aliphatic rings. The second kappa shape index (κ2) is 9.35. The molecule has 0 atom stereocenters. The summed E-state index contributed by atoms with van der Waals surface area (Å²) < 4.78 is 11.4. The quantitative estimate of drug-likeness (QED) is 0.323. The standard InChI is InChI=1S/C25H27N3O2S/c1-5-29-21-12-11-19(13-22(21)30-6-2)28-24-23-20(14-31-25(23)27-15-26-24)18-9-7-17(8-10-18)16(3)4/h7-16H,5-6H2,1-4H3,(H,26,27,28). The Morgan fingerprint density at radius 3 is 2.39 bits per heavy atom. The Balaban J connectivity index is 1.72. The van der Waals surface area contributed by atoms with E-state index in [1.54, 1.807) is 17.7 Å². The molecule has 0 radical (unpaired) electrons. The van der Waals surface area contributed by atoms with Crippen molar-refractivity contribution in [3.05, 3.63) is 59.7 Å². The lowest BCUT2D eigenvalue weighted by molar-refractivity contribution is 0.288. The number of aromatic nitrogens is 2. The molecule has 0 amide bonds. The van der Waals surface area contributed by atoms with Gasteiger partial charge in [-0.05, 0) is 43.0 Å². The summed E-state index contributed by atoms with van der Waals surface area (Å²) >= 11 is 1.63. The second-order valence-corrected chi connectivity index (χ2v) is 8.34. The molecule has 160 valence electrons. The fraction of sp³-hybridized carbons (Fsp3) is 0.280. The fourth-order valence-electron chi connectivity index (χ4n) is 3.50. The van der Waals surface area contributed by atoms with Crippen LogP contribution in [0.1, 0.15) is 39.2 Å². The number of anilines is 2. The molecular weight excluding hydrogens is 406 g/mol. The zero-order valence-corrected chi connectivity index (χ0v) is 19.1. The van der Waals surface area contributed by atoms with E-state index in [0.717, 1.165) is 44.3 Å². The lowest BCUT2D eigenvalue weighted by atomic mass is 9.99. The van der Waals surface area contributed by atoms with Gasteiger partial charge in [0.1, 0.15) is 17.0 Å². The van der Waals surface area contributed by atoms with Gasteiger partial charge in [0, 0.05) is 22.7 Å². The largest absolute Gasteiger partial charge is 0.490 e. The highest BCUT2D eigenvalue weighted by Crippen LogP contribution is 2.39. The van der Waals surface area contributed by atoms with Gasteiger partial charge in [-0.3, -0.25) is 0 Å². The van der Waals surface area contributed by atoms with Gasteiger partial charge in [-0.15, -0.1) is 11.3 Å². The number of hydrogen-bond donors (Lipinski definition) is 1. The normalized spacial score (nSPS) is 11.1. The van der Waals surface area contributed by atoms with Crippen molar-refractivity contribution in [2.45, 2.75) is 33.6 Å². The van der Waals surface area contributed by atoms with Crippen LogP contribution in [0.2, 0.25) is 0 Å². The van der Waals surface area contributed by atoms with Crippen molar-refractivity contribution in [1.29, 1.82) is 0 Å². The first-order chi connectivity index (χ1) is 15.1. The lowest BCUT2D eigenvalue weighted by Gasteiger charge is -2.14. The van der Waals surface area contributed by atoms with Crippen LogP contribution in [0.3, 0.4) is 0 Å². The maximum Gasteiger partial charge on any atom is 0.163 e. The number of nitrogens with zero attached hydrogens (tertiary/aromatic N) is 2. The highest BCUT2D eigenvalue weighted by Gasteiger charge is 2.15. The Bertz CT molecular complexity index is 1170. The van der Waals surface area contributed by atoms with E-state index < -0.39 is 0 Å². The zero-order valence-electron chi connectivity index (χ0n) is 18.3. The summed E-state index contributed by atoms with van der Waals surface area (Å²) in [5.74, 6) is 2.74. The van der Waals surface area contributed by atoms with Crippen molar-refractivity contribution >= 4 is 33.1 Å². The SMILES string of the molecule is CCOc1ccc(Nc2ncnc3scc(-c4ccc(C(C)C)cc4)c23)cc1OCC. The Morgan fingerprint density at radius 2 is 1.68 bits per heavy atom. The van der Waals surface area contributed by atoms with Gasteiger partial charge < -0.3 is 14.8 Å². The molecule has 0 saturated carbocycles. The molecular formula is C25H27N3O2S. The molecule has 0 fully saturated rings. The number of rotatable bonds is 8. The third-order valence-corrected chi connectivity index (χ3v) is 5.95. The van der Waals surface area contributed by atoms with E-state index in [0.29, 0.717) is 19.1 Å². The van der Waals surface area contributed by atoms with Gasteiger partial charge in [0.05, 0.1) is 18.6 Å². The third kappa shape index (κ3) is 4.49. The van der Waals surface area contributed by atoms with Gasteiger partial charge in [-0.25, -0.2) is 9.97 Å². The van der Waals surface area contributed by atoms with Crippen LogP contribution in [-0.2, 0) is 0 Å². The second-order valence-electron chi connectivity index (χ2n) is 7.48. The summed E-state index contributed by atoms with van der Waals surface area (Å²) in [7, 11) is 0. The Hall–Kier alpha value is -3.12. The van der Waals surface area contributed by atoms with Gasteiger partial charge >= 0.3 is 0 Å². The van der Waals surface area contributed by atoms with E-state index in [9.17, 15) is 0 Å². The number of benzene rings is 2. The van der Waals surface area contributed by atoms with Gasteiger partial charge in [0.2, 0.25) is 0 Å². The molecule has 5 nitrogen and oxygen atoms in total. The van der Waals surface area contributed by atoms with E-state index in [-0.39, 0.29) is 0 Å². The van der Waals surface area contributed by atoms with Crippen molar-refractivity contribution in [2.75, 3.05) is 18.5 Å². The van der Waals surface area contributed by atoms with Gasteiger partial charge in [-0.2, -0.15) is 0 Å². The number of thiophene rings is 1. The van der Waals surface area contributed by atoms with Crippen LogP contribution >= 0.6 is 11.3 Å². The Labute approximate surface area is 187 Å². The number of ether oxygens (including phenoxy) is 2. The van der Waals surface area contributed by atoms with E-state index >= 15 is 0 Å². The van der Waals surface area contributed by atoms with Gasteiger partial charge in [0.15, 0.2) is 11.5 Å². The van der Waals surface area contributed by atoms with Crippen LogP contribution in [-0.4, -0.2) is 23.2 Å². The first-order valence-corrected chi connectivity index (χ1v) is 11.5. The molecule has 31 heavy (non-hydrogen) atoms. The molecule has 0 unspecified atom stereocenters. The molecule has 4 rings (SSSR count). The lowest BCUT2D eigenvalue weighted by Crippen LogP contribution is -2.00. The van der Waals surface area contributed by atoms with E-state index in [1.165, 1.54) is 5.56 Å². The summed E-state index contributed by atoms with van der Waals surface area (Å²) in [5.41, 5.74) is 4.51. The first kappa shape index (κ1) is 21.1. The van der Waals surface area contributed by atoms with Crippen LogP contribution in [0.5, 0.6) is 11.5 Å². The summed E-state index contributed by atoms with van der Waals surface area (Å²) in [6.07, 6.45) is 1.60. The maximum atomic E-state index is 5.77. The van der Waals surface area contributed by atoms with Crippen LogP contribution in [0.4, 0.5) is 11.5 Å². The van der Waals surface area contributed by atoms with Gasteiger partial charge in [-0.1, -0.05) is 38.1 Å². The predicted octanol–water partition coefficient (Wildman–Crippen LogP) is 7.02. The number of nitrogens with one attached hydrogen (secondary N) is 1. The minimum absolute atomic E-state index is 0.507. The average molecular weight is 434 g/mol. The van der Waals surface area contributed by atoms with E-state index in [1.807, 2.05) is 32.0 Å². The molecule has 2 aromatic carbocycles. The molecule has 2 aromatic heterocycles. The Kier molecular flexibility index (Phi) is 6.37. The highest BCUT2D eigenvalue weighted by molar-refractivity contribution is 7.17.